The highest BCUT2D eigenvalue weighted by molar-refractivity contribution is 7.89. The molecule has 0 bridgehead atoms. The SMILES string of the molecule is CCN[S+]([O-])c1cc(C(F)(F)F)ccc1-c1ccc(-c2cnc(N)nc2)c(F)c1. The Hall–Kier alpha value is -2.69. The van der Waals surface area contributed by atoms with Crippen LogP contribution in [0.5, 0.6) is 0 Å². The molecule has 10 heteroatoms. The molecule has 0 amide bonds. The normalized spacial score (nSPS) is 12.8. The van der Waals surface area contributed by atoms with Crippen molar-refractivity contribution in [1.82, 2.24) is 14.7 Å². The zero-order chi connectivity index (χ0) is 21.2. The van der Waals surface area contributed by atoms with Gasteiger partial charge in [-0.2, -0.15) is 13.2 Å². The maximum Gasteiger partial charge on any atom is 0.416 e. The molecule has 0 saturated heterocycles. The maximum absolute atomic E-state index is 14.7. The molecule has 0 aliphatic heterocycles. The third-order valence-corrected chi connectivity index (χ3v) is 5.34. The van der Waals surface area contributed by atoms with Gasteiger partial charge < -0.3 is 10.3 Å². The van der Waals surface area contributed by atoms with E-state index in [0.717, 1.165) is 12.1 Å². The molecule has 5 nitrogen and oxygen atoms in total. The Balaban J connectivity index is 2.07. The average Bonchev–Trinajstić information content (AvgIpc) is 2.68. The first-order valence-electron chi connectivity index (χ1n) is 8.45. The molecular formula is C19H16F4N4OS. The van der Waals surface area contributed by atoms with Gasteiger partial charge in [0, 0.05) is 41.7 Å². The third-order valence-electron chi connectivity index (χ3n) is 4.05. The summed E-state index contributed by atoms with van der Waals surface area (Å²) in [5.74, 6) is -0.581. The van der Waals surface area contributed by atoms with Gasteiger partial charge in [-0.15, -0.1) is 4.72 Å². The highest BCUT2D eigenvalue weighted by Crippen LogP contribution is 2.36. The molecule has 1 aromatic heterocycles. The summed E-state index contributed by atoms with van der Waals surface area (Å²) in [5.41, 5.74) is 5.61. The summed E-state index contributed by atoms with van der Waals surface area (Å²) in [6, 6.07) is 7.03. The Morgan fingerprint density at radius 2 is 1.69 bits per heavy atom. The van der Waals surface area contributed by atoms with Crippen LogP contribution in [0.1, 0.15) is 12.5 Å². The van der Waals surface area contributed by atoms with Crippen molar-refractivity contribution in [2.75, 3.05) is 12.3 Å². The molecule has 0 aliphatic rings. The van der Waals surface area contributed by atoms with Crippen LogP contribution in [0.15, 0.2) is 53.7 Å². The van der Waals surface area contributed by atoms with Crippen LogP contribution in [0.4, 0.5) is 23.5 Å². The molecule has 29 heavy (non-hydrogen) atoms. The van der Waals surface area contributed by atoms with E-state index >= 15 is 0 Å². The van der Waals surface area contributed by atoms with Gasteiger partial charge in [-0.05, 0) is 30.7 Å². The van der Waals surface area contributed by atoms with Gasteiger partial charge in [0.05, 0.1) is 16.9 Å². The van der Waals surface area contributed by atoms with E-state index in [1.54, 1.807) is 6.92 Å². The van der Waals surface area contributed by atoms with E-state index in [1.807, 2.05) is 0 Å². The van der Waals surface area contributed by atoms with E-state index in [0.29, 0.717) is 5.56 Å². The van der Waals surface area contributed by atoms with E-state index in [-0.39, 0.29) is 34.1 Å². The smallest absolute Gasteiger partial charge is 0.416 e. The van der Waals surface area contributed by atoms with Crippen molar-refractivity contribution in [1.29, 1.82) is 0 Å². The summed E-state index contributed by atoms with van der Waals surface area (Å²) in [4.78, 5) is 7.55. The second kappa shape index (κ2) is 8.36. The number of nitrogens with two attached hydrogens (primary N) is 1. The number of nitrogens with zero attached hydrogens (tertiary/aromatic N) is 2. The average molecular weight is 424 g/mol. The lowest BCUT2D eigenvalue weighted by Crippen LogP contribution is -2.24. The fraction of sp³-hybridized carbons (Fsp3) is 0.158. The molecule has 0 radical (unpaired) electrons. The summed E-state index contributed by atoms with van der Waals surface area (Å²) in [5, 5.41) is 0. The van der Waals surface area contributed by atoms with Crippen LogP contribution in [0.25, 0.3) is 22.3 Å². The largest absolute Gasteiger partial charge is 0.593 e. The first-order chi connectivity index (χ1) is 13.7. The number of nitrogen functional groups attached to an aromatic ring is 1. The lowest BCUT2D eigenvalue weighted by atomic mass is 10.00. The number of aromatic nitrogens is 2. The van der Waals surface area contributed by atoms with Crippen LogP contribution >= 0.6 is 0 Å². The van der Waals surface area contributed by atoms with E-state index in [2.05, 4.69) is 14.7 Å². The molecule has 152 valence electrons. The quantitative estimate of drug-likeness (QED) is 0.474. The minimum Gasteiger partial charge on any atom is -0.593 e. The van der Waals surface area contributed by atoms with Gasteiger partial charge in [0.1, 0.15) is 5.82 Å². The van der Waals surface area contributed by atoms with Gasteiger partial charge in [0.25, 0.3) is 0 Å². The Kier molecular flexibility index (Phi) is 6.06. The Morgan fingerprint density at radius 3 is 2.28 bits per heavy atom. The minimum absolute atomic E-state index is 0.0473. The molecule has 0 spiro atoms. The van der Waals surface area contributed by atoms with E-state index in [1.165, 1.54) is 36.7 Å². The number of anilines is 1. The fourth-order valence-corrected chi connectivity index (χ4v) is 3.73. The van der Waals surface area contributed by atoms with Crippen LogP contribution in [-0.4, -0.2) is 21.1 Å². The zero-order valence-electron chi connectivity index (χ0n) is 15.1. The standard InChI is InChI=1S/C19H16F4N4OS/c1-2-27-29(28)17-8-13(19(21,22)23)4-6-15(17)11-3-5-14(16(20)7-11)12-9-25-18(24)26-10-12/h3-10,27H,2H2,1H3,(H2,24,25,26). The topological polar surface area (TPSA) is 86.9 Å². The van der Waals surface area contributed by atoms with Gasteiger partial charge in [0.15, 0.2) is 4.90 Å². The monoisotopic (exact) mass is 424 g/mol. The Labute approximate surface area is 167 Å². The summed E-state index contributed by atoms with van der Waals surface area (Å²) in [6.07, 6.45) is -1.86. The number of benzene rings is 2. The van der Waals surface area contributed by atoms with Crippen molar-refractivity contribution >= 4 is 17.3 Å². The molecule has 1 heterocycles. The van der Waals surface area contributed by atoms with Gasteiger partial charge in [-0.25, -0.2) is 14.4 Å². The molecular weight excluding hydrogens is 408 g/mol. The van der Waals surface area contributed by atoms with Crippen LogP contribution in [0.3, 0.4) is 0 Å². The molecule has 0 saturated carbocycles. The second-order valence-corrected chi connectivity index (χ2v) is 7.27. The summed E-state index contributed by atoms with van der Waals surface area (Å²) in [6.45, 7) is 1.96. The first kappa shape index (κ1) is 21.0. The van der Waals surface area contributed by atoms with Crippen molar-refractivity contribution in [3.05, 3.63) is 60.2 Å². The lowest BCUT2D eigenvalue weighted by molar-refractivity contribution is -0.137. The minimum atomic E-state index is -4.59. The van der Waals surface area contributed by atoms with E-state index < -0.39 is 28.9 Å². The van der Waals surface area contributed by atoms with Crippen LogP contribution in [0.2, 0.25) is 0 Å². The van der Waals surface area contributed by atoms with Crippen molar-refractivity contribution in [2.24, 2.45) is 0 Å². The fourth-order valence-electron chi connectivity index (χ4n) is 2.69. The van der Waals surface area contributed by atoms with E-state index in [9.17, 15) is 22.1 Å². The molecule has 3 N–H and O–H groups in total. The highest BCUT2D eigenvalue weighted by atomic mass is 32.2. The highest BCUT2D eigenvalue weighted by Gasteiger charge is 2.33. The van der Waals surface area contributed by atoms with Crippen molar-refractivity contribution < 1.29 is 22.1 Å². The van der Waals surface area contributed by atoms with Crippen LogP contribution < -0.4 is 10.5 Å². The molecule has 3 rings (SSSR count). The number of nitrogens with one attached hydrogen (secondary N) is 1. The maximum atomic E-state index is 14.7. The van der Waals surface area contributed by atoms with E-state index in [4.69, 9.17) is 5.73 Å². The van der Waals surface area contributed by atoms with Gasteiger partial charge >= 0.3 is 6.18 Å². The third kappa shape index (κ3) is 4.66. The zero-order valence-corrected chi connectivity index (χ0v) is 15.9. The van der Waals surface area contributed by atoms with Crippen LogP contribution in [0, 0.1) is 5.82 Å². The number of rotatable bonds is 5. The van der Waals surface area contributed by atoms with Crippen LogP contribution in [-0.2, 0) is 17.5 Å². The predicted octanol–water partition coefficient (Wildman–Crippen LogP) is 4.18. The number of hydrogen-bond acceptors (Lipinski definition) is 5. The molecule has 3 aromatic rings. The summed E-state index contributed by atoms with van der Waals surface area (Å²) < 4.78 is 69.0. The number of halogens is 4. The van der Waals surface area contributed by atoms with Gasteiger partial charge in [-0.3, -0.25) is 0 Å². The Morgan fingerprint density at radius 1 is 1.03 bits per heavy atom. The molecule has 0 fully saturated rings. The van der Waals surface area contributed by atoms with Crippen molar-refractivity contribution in [2.45, 2.75) is 18.0 Å². The number of hydrogen-bond donors (Lipinski definition) is 2. The van der Waals surface area contributed by atoms with Gasteiger partial charge in [-0.1, -0.05) is 12.1 Å². The summed E-state index contributed by atoms with van der Waals surface area (Å²) in [7, 11) is 0. The first-order valence-corrected chi connectivity index (χ1v) is 9.60. The molecule has 1 unspecified atom stereocenters. The molecule has 1 atom stereocenters. The Bertz CT molecular complexity index is 1010. The molecule has 2 aromatic carbocycles. The lowest BCUT2D eigenvalue weighted by Gasteiger charge is -2.16. The number of alkyl halides is 3. The summed E-state index contributed by atoms with van der Waals surface area (Å²) >= 11 is -1.90. The predicted molar refractivity (Wildman–Crippen MR) is 102 cm³/mol. The van der Waals surface area contributed by atoms with Crippen molar-refractivity contribution in [3.8, 4) is 22.3 Å². The molecule has 0 aliphatic carbocycles. The van der Waals surface area contributed by atoms with Crippen molar-refractivity contribution in [3.63, 3.8) is 0 Å². The van der Waals surface area contributed by atoms with Gasteiger partial charge in [0.2, 0.25) is 5.95 Å². The second-order valence-electron chi connectivity index (χ2n) is 6.00.